The molecule has 5 nitrogen and oxygen atoms in total. The molecule has 2 aromatic carbocycles. The third kappa shape index (κ3) is 3.47. The van der Waals surface area contributed by atoms with Crippen molar-refractivity contribution >= 4 is 11.7 Å². The fourth-order valence-corrected chi connectivity index (χ4v) is 5.88. The number of nitrogens with zero attached hydrogens (tertiary/aromatic N) is 3. The fourth-order valence-electron chi connectivity index (χ4n) is 5.88. The van der Waals surface area contributed by atoms with Crippen LogP contribution in [-0.2, 0) is 11.3 Å². The summed E-state index contributed by atoms with van der Waals surface area (Å²) in [6, 6.07) is 17.3. The molecule has 33 heavy (non-hydrogen) atoms. The fraction of sp³-hybridized carbons (Fsp3) is 0.357. The lowest BCUT2D eigenvalue weighted by Crippen LogP contribution is -2.43. The Morgan fingerprint density at radius 1 is 1.06 bits per heavy atom. The molecule has 1 fully saturated rings. The second-order valence-electron chi connectivity index (χ2n) is 9.40. The van der Waals surface area contributed by atoms with Crippen molar-refractivity contribution < 1.29 is 9.53 Å². The molecule has 2 atom stereocenters. The molecule has 3 aliphatic rings. The van der Waals surface area contributed by atoms with E-state index in [1.165, 1.54) is 33.4 Å². The second kappa shape index (κ2) is 8.22. The lowest BCUT2D eigenvalue weighted by Gasteiger charge is -2.33. The van der Waals surface area contributed by atoms with E-state index in [-0.39, 0.29) is 24.1 Å². The van der Waals surface area contributed by atoms with E-state index in [1.54, 1.807) is 0 Å². The maximum Gasteiger partial charge on any atom is 0.410 e. The summed E-state index contributed by atoms with van der Waals surface area (Å²) in [7, 11) is 0. The average Bonchev–Trinajstić information content (AvgIpc) is 3.51. The summed E-state index contributed by atoms with van der Waals surface area (Å²) in [5, 5.41) is 4.49. The van der Waals surface area contributed by atoms with Crippen molar-refractivity contribution in [3.63, 3.8) is 0 Å². The van der Waals surface area contributed by atoms with Gasteiger partial charge in [0.2, 0.25) is 0 Å². The number of aryl methyl sites for hydroxylation is 1. The van der Waals surface area contributed by atoms with Gasteiger partial charge >= 0.3 is 6.09 Å². The zero-order valence-electron chi connectivity index (χ0n) is 19.0. The molecule has 6 rings (SSSR count). The standard InChI is InChI=1S/C28H29N3O2/c1-2-13-30-17-20(16-29-30)19-14-21-11-12-22(15-19)31(21)28(32)33-18-27-25-9-5-3-7-23(25)24-8-4-6-10-26(24)27/h3-10,14,16-17,21-22,27H,2,11-13,15,18H2,1H3. The molecule has 1 aromatic heterocycles. The maximum atomic E-state index is 13.2. The molecule has 3 heterocycles. The van der Waals surface area contributed by atoms with E-state index < -0.39 is 0 Å². The number of hydrogen-bond acceptors (Lipinski definition) is 3. The van der Waals surface area contributed by atoms with Crippen LogP contribution in [0.4, 0.5) is 4.79 Å². The number of aromatic nitrogens is 2. The largest absolute Gasteiger partial charge is 0.448 e. The zero-order chi connectivity index (χ0) is 22.4. The summed E-state index contributed by atoms with van der Waals surface area (Å²) in [5.41, 5.74) is 7.51. The summed E-state index contributed by atoms with van der Waals surface area (Å²) >= 11 is 0. The molecule has 2 unspecified atom stereocenters. The van der Waals surface area contributed by atoms with Crippen molar-refractivity contribution in [3.05, 3.63) is 83.7 Å². The van der Waals surface area contributed by atoms with Crippen molar-refractivity contribution in [1.82, 2.24) is 14.7 Å². The highest BCUT2D eigenvalue weighted by Crippen LogP contribution is 2.45. The van der Waals surface area contributed by atoms with Gasteiger partial charge in [0.05, 0.1) is 12.2 Å². The van der Waals surface area contributed by atoms with Crippen molar-refractivity contribution in [2.75, 3.05) is 6.61 Å². The monoisotopic (exact) mass is 439 g/mol. The molecule has 0 N–H and O–H groups in total. The highest BCUT2D eigenvalue weighted by molar-refractivity contribution is 5.79. The van der Waals surface area contributed by atoms with E-state index in [0.29, 0.717) is 6.61 Å². The number of amides is 1. The number of carbonyl (C=O) groups is 1. The Hall–Kier alpha value is -3.34. The van der Waals surface area contributed by atoms with Crippen LogP contribution in [0.2, 0.25) is 0 Å². The lowest BCUT2D eigenvalue weighted by molar-refractivity contribution is 0.0866. The van der Waals surface area contributed by atoms with Crippen LogP contribution in [-0.4, -0.2) is 39.5 Å². The minimum absolute atomic E-state index is 0.0966. The third-order valence-electron chi connectivity index (χ3n) is 7.40. The highest BCUT2D eigenvalue weighted by Gasteiger charge is 2.41. The minimum atomic E-state index is -0.179. The number of ether oxygens (including phenoxy) is 1. The van der Waals surface area contributed by atoms with Crippen LogP contribution >= 0.6 is 0 Å². The predicted octanol–water partition coefficient (Wildman–Crippen LogP) is 5.86. The van der Waals surface area contributed by atoms with E-state index in [4.69, 9.17) is 4.74 Å². The van der Waals surface area contributed by atoms with Crippen LogP contribution in [0.3, 0.4) is 0 Å². The maximum absolute atomic E-state index is 13.2. The van der Waals surface area contributed by atoms with Gasteiger partial charge in [-0.15, -0.1) is 0 Å². The molecule has 1 aliphatic carbocycles. The number of hydrogen-bond donors (Lipinski definition) is 0. The van der Waals surface area contributed by atoms with Gasteiger partial charge < -0.3 is 4.74 Å². The van der Waals surface area contributed by atoms with Gasteiger partial charge in [0.15, 0.2) is 0 Å². The van der Waals surface area contributed by atoms with Crippen LogP contribution in [0.5, 0.6) is 0 Å². The van der Waals surface area contributed by atoms with Gasteiger partial charge in [0.25, 0.3) is 0 Å². The van der Waals surface area contributed by atoms with E-state index in [9.17, 15) is 4.79 Å². The van der Waals surface area contributed by atoms with E-state index in [0.717, 1.165) is 32.2 Å². The molecular formula is C28H29N3O2. The first-order chi connectivity index (χ1) is 16.2. The molecule has 3 aromatic rings. The normalized spacial score (nSPS) is 21.0. The summed E-state index contributed by atoms with van der Waals surface area (Å²) in [6.45, 7) is 3.48. The highest BCUT2D eigenvalue weighted by atomic mass is 16.6. The van der Waals surface area contributed by atoms with Crippen LogP contribution in [0.15, 0.2) is 67.0 Å². The zero-order valence-corrected chi connectivity index (χ0v) is 19.0. The van der Waals surface area contributed by atoms with E-state index in [1.807, 2.05) is 15.8 Å². The molecule has 0 radical (unpaired) electrons. The van der Waals surface area contributed by atoms with E-state index in [2.05, 4.69) is 72.8 Å². The van der Waals surface area contributed by atoms with Gasteiger partial charge in [0.1, 0.15) is 6.61 Å². The first-order valence-corrected chi connectivity index (χ1v) is 12.1. The van der Waals surface area contributed by atoms with Gasteiger partial charge in [-0.1, -0.05) is 61.5 Å². The van der Waals surface area contributed by atoms with Gasteiger partial charge in [-0.05, 0) is 53.5 Å². The summed E-state index contributed by atoms with van der Waals surface area (Å²) in [6.07, 6.45) is 10.2. The van der Waals surface area contributed by atoms with E-state index >= 15 is 0 Å². The van der Waals surface area contributed by atoms with Crippen molar-refractivity contribution in [1.29, 1.82) is 0 Å². The third-order valence-corrected chi connectivity index (χ3v) is 7.40. The van der Waals surface area contributed by atoms with Crippen LogP contribution < -0.4 is 0 Å². The SMILES string of the molecule is CCCn1cc(C2=CC3CCC(C2)N3C(=O)OCC2c3ccccc3-c3ccccc32)cn1. The number of carbonyl (C=O) groups excluding carboxylic acids is 1. The Morgan fingerprint density at radius 3 is 2.48 bits per heavy atom. The quantitative estimate of drug-likeness (QED) is 0.500. The van der Waals surface area contributed by atoms with Crippen molar-refractivity contribution in [2.24, 2.45) is 0 Å². The van der Waals surface area contributed by atoms with Gasteiger partial charge in [-0.2, -0.15) is 5.10 Å². The Balaban J connectivity index is 1.18. The number of rotatable bonds is 5. The Kier molecular flexibility index (Phi) is 5.05. The smallest absolute Gasteiger partial charge is 0.410 e. The topological polar surface area (TPSA) is 47.4 Å². The summed E-state index contributed by atoms with van der Waals surface area (Å²) in [5.74, 6) is 0.0966. The van der Waals surface area contributed by atoms with Crippen LogP contribution in [0.1, 0.15) is 55.2 Å². The molecule has 0 saturated carbocycles. The molecule has 2 aliphatic heterocycles. The summed E-state index contributed by atoms with van der Waals surface area (Å²) in [4.78, 5) is 15.2. The molecule has 5 heteroatoms. The van der Waals surface area contributed by atoms with Gasteiger partial charge in [-0.3, -0.25) is 9.58 Å². The summed E-state index contributed by atoms with van der Waals surface area (Å²) < 4.78 is 7.99. The molecule has 2 bridgehead atoms. The molecular weight excluding hydrogens is 410 g/mol. The first-order valence-electron chi connectivity index (χ1n) is 12.1. The van der Waals surface area contributed by atoms with Crippen LogP contribution in [0, 0.1) is 0 Å². The van der Waals surface area contributed by atoms with Gasteiger partial charge in [-0.25, -0.2) is 4.79 Å². The Bertz CT molecular complexity index is 1180. The van der Waals surface area contributed by atoms with Crippen LogP contribution in [0.25, 0.3) is 16.7 Å². The molecule has 1 saturated heterocycles. The average molecular weight is 440 g/mol. The molecule has 0 spiro atoms. The predicted molar refractivity (Wildman–Crippen MR) is 129 cm³/mol. The molecule has 168 valence electrons. The van der Waals surface area contributed by atoms with Crippen molar-refractivity contribution in [2.45, 2.75) is 57.2 Å². The Labute approximate surface area is 194 Å². The minimum Gasteiger partial charge on any atom is -0.448 e. The second-order valence-corrected chi connectivity index (χ2v) is 9.40. The Morgan fingerprint density at radius 2 is 1.79 bits per heavy atom. The first kappa shape index (κ1) is 20.3. The number of fused-ring (bicyclic) bond motifs is 5. The lowest BCUT2D eigenvalue weighted by atomic mass is 9.97. The van der Waals surface area contributed by atoms with Gasteiger partial charge in [0, 0.05) is 30.3 Å². The number of benzene rings is 2. The molecule has 1 amide bonds. The van der Waals surface area contributed by atoms with Crippen molar-refractivity contribution in [3.8, 4) is 11.1 Å².